The summed E-state index contributed by atoms with van der Waals surface area (Å²) < 4.78 is 0.615. The number of thiophene rings is 1. The Bertz CT molecular complexity index is 656. The SMILES string of the molecule is CC(C(=O)O)N(Cc1ccccc1)C(=O)Cc1ccc(Cl)s1. The number of carbonyl (C=O) groups excluding carboxylic acids is 1. The van der Waals surface area contributed by atoms with Gasteiger partial charge in [-0.15, -0.1) is 11.3 Å². The summed E-state index contributed by atoms with van der Waals surface area (Å²) >= 11 is 7.20. The Morgan fingerprint density at radius 1 is 1.23 bits per heavy atom. The van der Waals surface area contributed by atoms with E-state index < -0.39 is 12.0 Å². The summed E-state index contributed by atoms with van der Waals surface area (Å²) in [5, 5.41) is 9.24. The highest BCUT2D eigenvalue weighted by molar-refractivity contribution is 7.16. The summed E-state index contributed by atoms with van der Waals surface area (Å²) in [6.45, 7) is 1.79. The Labute approximate surface area is 137 Å². The molecule has 2 aromatic rings. The third-order valence-corrected chi connectivity index (χ3v) is 4.53. The first kappa shape index (κ1) is 16.5. The van der Waals surface area contributed by atoms with Crippen molar-refractivity contribution in [2.24, 2.45) is 0 Å². The Morgan fingerprint density at radius 3 is 2.45 bits per heavy atom. The van der Waals surface area contributed by atoms with E-state index in [1.165, 1.54) is 23.2 Å². The molecular formula is C16H16ClNO3S. The molecule has 1 atom stereocenters. The van der Waals surface area contributed by atoms with Crippen LogP contribution in [0, 0.1) is 0 Å². The molecule has 2 rings (SSSR count). The minimum atomic E-state index is -1.02. The lowest BCUT2D eigenvalue weighted by atomic mass is 10.1. The molecule has 1 N–H and O–H groups in total. The zero-order valence-corrected chi connectivity index (χ0v) is 13.6. The van der Waals surface area contributed by atoms with Crippen LogP contribution >= 0.6 is 22.9 Å². The summed E-state index contributed by atoms with van der Waals surface area (Å²) in [4.78, 5) is 26.0. The average Bonchev–Trinajstić information content (AvgIpc) is 2.90. The molecule has 0 fully saturated rings. The van der Waals surface area contributed by atoms with Crippen LogP contribution in [-0.4, -0.2) is 27.9 Å². The van der Waals surface area contributed by atoms with E-state index in [9.17, 15) is 14.7 Å². The molecule has 1 heterocycles. The quantitative estimate of drug-likeness (QED) is 0.878. The zero-order chi connectivity index (χ0) is 16.1. The van der Waals surface area contributed by atoms with Crippen LogP contribution in [0.15, 0.2) is 42.5 Å². The topological polar surface area (TPSA) is 57.6 Å². The molecule has 0 saturated heterocycles. The van der Waals surface area contributed by atoms with Gasteiger partial charge in [0.1, 0.15) is 6.04 Å². The number of nitrogens with zero attached hydrogens (tertiary/aromatic N) is 1. The lowest BCUT2D eigenvalue weighted by Crippen LogP contribution is -2.43. The van der Waals surface area contributed by atoms with E-state index in [2.05, 4.69) is 0 Å². The molecule has 0 radical (unpaired) electrons. The van der Waals surface area contributed by atoms with Gasteiger partial charge in [-0.05, 0) is 24.6 Å². The second-order valence-corrected chi connectivity index (χ2v) is 6.70. The standard InChI is InChI=1S/C16H16ClNO3S/c1-11(16(20)21)18(10-12-5-3-2-4-6-12)15(19)9-13-7-8-14(17)22-13/h2-8,11H,9-10H2,1H3,(H,20,21). The van der Waals surface area contributed by atoms with Crippen molar-refractivity contribution >= 4 is 34.8 Å². The van der Waals surface area contributed by atoms with Crippen LogP contribution < -0.4 is 0 Å². The van der Waals surface area contributed by atoms with E-state index in [1.807, 2.05) is 30.3 Å². The van der Waals surface area contributed by atoms with Gasteiger partial charge in [-0.3, -0.25) is 4.79 Å². The van der Waals surface area contributed by atoms with E-state index in [4.69, 9.17) is 11.6 Å². The lowest BCUT2D eigenvalue weighted by molar-refractivity contribution is -0.149. The monoisotopic (exact) mass is 337 g/mol. The van der Waals surface area contributed by atoms with Gasteiger partial charge in [0.15, 0.2) is 0 Å². The van der Waals surface area contributed by atoms with E-state index >= 15 is 0 Å². The van der Waals surface area contributed by atoms with Crippen molar-refractivity contribution in [1.82, 2.24) is 4.90 Å². The van der Waals surface area contributed by atoms with Gasteiger partial charge in [0.05, 0.1) is 10.8 Å². The molecule has 22 heavy (non-hydrogen) atoms. The maximum absolute atomic E-state index is 12.5. The number of halogens is 1. The molecule has 1 unspecified atom stereocenters. The number of carboxylic acids is 1. The van der Waals surface area contributed by atoms with Gasteiger partial charge in [-0.25, -0.2) is 4.79 Å². The highest BCUT2D eigenvalue weighted by Gasteiger charge is 2.26. The Balaban J connectivity index is 2.16. The third-order valence-electron chi connectivity index (χ3n) is 3.30. The summed E-state index contributed by atoms with van der Waals surface area (Å²) in [6.07, 6.45) is 0.155. The predicted molar refractivity (Wildman–Crippen MR) is 87.1 cm³/mol. The van der Waals surface area contributed by atoms with Gasteiger partial charge in [0, 0.05) is 11.4 Å². The number of carbonyl (C=O) groups is 2. The van der Waals surface area contributed by atoms with Crippen LogP contribution in [0.3, 0.4) is 0 Å². The maximum Gasteiger partial charge on any atom is 0.326 e. The van der Waals surface area contributed by atoms with Crippen LogP contribution in [0.2, 0.25) is 4.34 Å². The average molecular weight is 338 g/mol. The van der Waals surface area contributed by atoms with Gasteiger partial charge >= 0.3 is 5.97 Å². The Kier molecular flexibility index (Phi) is 5.57. The van der Waals surface area contributed by atoms with E-state index in [1.54, 1.807) is 12.1 Å². The van der Waals surface area contributed by atoms with Crippen molar-refractivity contribution in [2.45, 2.75) is 25.9 Å². The highest BCUT2D eigenvalue weighted by Crippen LogP contribution is 2.23. The fourth-order valence-electron chi connectivity index (χ4n) is 2.05. The molecule has 0 aliphatic heterocycles. The van der Waals surface area contributed by atoms with Crippen molar-refractivity contribution in [1.29, 1.82) is 0 Å². The molecule has 1 aromatic heterocycles. The van der Waals surface area contributed by atoms with E-state index in [-0.39, 0.29) is 18.9 Å². The number of hydrogen-bond donors (Lipinski definition) is 1. The Hall–Kier alpha value is -1.85. The fourth-order valence-corrected chi connectivity index (χ4v) is 3.13. The molecule has 1 aromatic carbocycles. The van der Waals surface area contributed by atoms with E-state index in [0.29, 0.717) is 4.34 Å². The van der Waals surface area contributed by atoms with Crippen molar-refractivity contribution in [3.05, 3.63) is 57.2 Å². The predicted octanol–water partition coefficient (Wildman–Crippen LogP) is 3.45. The summed E-state index contributed by atoms with van der Waals surface area (Å²) in [7, 11) is 0. The molecule has 0 saturated carbocycles. The minimum Gasteiger partial charge on any atom is -0.480 e. The second kappa shape index (κ2) is 7.42. The summed E-state index contributed by atoms with van der Waals surface area (Å²) in [6, 6.07) is 12.0. The molecule has 0 spiro atoms. The van der Waals surface area contributed by atoms with Crippen LogP contribution in [0.5, 0.6) is 0 Å². The van der Waals surface area contributed by atoms with Gasteiger partial charge in [-0.1, -0.05) is 41.9 Å². The number of amides is 1. The fraction of sp³-hybridized carbons (Fsp3) is 0.250. The van der Waals surface area contributed by atoms with Crippen molar-refractivity contribution in [2.75, 3.05) is 0 Å². The van der Waals surface area contributed by atoms with E-state index in [0.717, 1.165) is 10.4 Å². The summed E-state index contributed by atoms with van der Waals surface area (Å²) in [5.74, 6) is -1.24. The number of aliphatic carboxylic acids is 1. The minimum absolute atomic E-state index is 0.155. The summed E-state index contributed by atoms with van der Waals surface area (Å²) in [5.41, 5.74) is 0.896. The van der Waals surface area contributed by atoms with Gasteiger partial charge in [0.25, 0.3) is 0 Å². The van der Waals surface area contributed by atoms with Crippen LogP contribution in [0.4, 0.5) is 0 Å². The molecule has 116 valence electrons. The zero-order valence-electron chi connectivity index (χ0n) is 12.0. The second-order valence-electron chi connectivity index (χ2n) is 4.90. The molecule has 0 aliphatic carbocycles. The first-order valence-electron chi connectivity index (χ1n) is 6.78. The number of benzene rings is 1. The van der Waals surface area contributed by atoms with Crippen LogP contribution in [0.1, 0.15) is 17.4 Å². The first-order valence-corrected chi connectivity index (χ1v) is 7.97. The van der Waals surface area contributed by atoms with Gasteiger partial charge in [-0.2, -0.15) is 0 Å². The van der Waals surface area contributed by atoms with Crippen LogP contribution in [0.25, 0.3) is 0 Å². The number of carboxylic acid groups (broad SMARTS) is 1. The maximum atomic E-state index is 12.5. The van der Waals surface area contributed by atoms with Crippen LogP contribution in [-0.2, 0) is 22.6 Å². The molecule has 4 nitrogen and oxygen atoms in total. The largest absolute Gasteiger partial charge is 0.480 e. The van der Waals surface area contributed by atoms with Gasteiger partial charge in [0.2, 0.25) is 5.91 Å². The number of hydrogen-bond acceptors (Lipinski definition) is 3. The molecule has 1 amide bonds. The molecule has 0 aliphatic rings. The van der Waals surface area contributed by atoms with Crippen molar-refractivity contribution in [3.8, 4) is 0 Å². The smallest absolute Gasteiger partial charge is 0.326 e. The first-order chi connectivity index (χ1) is 10.5. The Morgan fingerprint density at radius 2 is 1.91 bits per heavy atom. The normalized spacial score (nSPS) is 11.9. The molecule has 6 heteroatoms. The van der Waals surface area contributed by atoms with Gasteiger partial charge < -0.3 is 10.0 Å². The molecule has 0 bridgehead atoms. The van der Waals surface area contributed by atoms with Crippen molar-refractivity contribution in [3.63, 3.8) is 0 Å². The number of rotatable bonds is 6. The third kappa shape index (κ3) is 4.32. The lowest BCUT2D eigenvalue weighted by Gasteiger charge is -2.26. The highest BCUT2D eigenvalue weighted by atomic mass is 35.5. The van der Waals surface area contributed by atoms with Crippen molar-refractivity contribution < 1.29 is 14.7 Å². The molecular weight excluding hydrogens is 322 g/mol.